The third-order valence-corrected chi connectivity index (χ3v) is 2.25. The minimum atomic E-state index is -1.21. The molecule has 0 fully saturated rings. The van der Waals surface area contributed by atoms with Gasteiger partial charge in [-0.3, -0.25) is 14.4 Å². The molecule has 1 rings (SSSR count). The number of ether oxygens (including phenoxy) is 1. The van der Waals surface area contributed by atoms with E-state index in [0.29, 0.717) is 11.4 Å². The van der Waals surface area contributed by atoms with E-state index in [9.17, 15) is 14.4 Å². The number of nitrogens with one attached hydrogen (secondary N) is 1. The van der Waals surface area contributed by atoms with Crippen molar-refractivity contribution >= 4 is 23.5 Å². The SMILES string of the molecule is CC(C(=O)O)C(=O)Nc1cccc(OCC(N)=O)c1. The highest BCUT2D eigenvalue weighted by Gasteiger charge is 2.20. The highest BCUT2D eigenvalue weighted by atomic mass is 16.5. The van der Waals surface area contributed by atoms with E-state index >= 15 is 0 Å². The second-order valence-corrected chi connectivity index (χ2v) is 3.83. The average molecular weight is 266 g/mol. The topological polar surface area (TPSA) is 119 Å². The second kappa shape index (κ2) is 6.39. The molecule has 7 heteroatoms. The molecule has 0 aliphatic carbocycles. The molecule has 0 aliphatic rings. The van der Waals surface area contributed by atoms with Crippen LogP contribution in [0.25, 0.3) is 0 Å². The number of carbonyl (C=O) groups excluding carboxylic acids is 2. The van der Waals surface area contributed by atoms with Crippen molar-refractivity contribution in [2.45, 2.75) is 6.92 Å². The first kappa shape index (κ1) is 14.5. The van der Waals surface area contributed by atoms with Crippen LogP contribution in [0.15, 0.2) is 24.3 Å². The molecule has 0 aromatic heterocycles. The Hall–Kier alpha value is -2.57. The van der Waals surface area contributed by atoms with Gasteiger partial charge in [0.1, 0.15) is 11.7 Å². The number of rotatable bonds is 6. The molecule has 1 aromatic carbocycles. The number of aliphatic carboxylic acids is 1. The van der Waals surface area contributed by atoms with E-state index in [1.54, 1.807) is 18.2 Å². The molecule has 19 heavy (non-hydrogen) atoms. The largest absolute Gasteiger partial charge is 0.484 e. The molecule has 0 bridgehead atoms. The van der Waals surface area contributed by atoms with Gasteiger partial charge in [-0.25, -0.2) is 0 Å². The zero-order chi connectivity index (χ0) is 14.4. The first-order chi connectivity index (χ1) is 8.90. The molecule has 1 aromatic rings. The number of hydrogen-bond donors (Lipinski definition) is 3. The van der Waals surface area contributed by atoms with Crippen molar-refractivity contribution in [3.05, 3.63) is 24.3 Å². The third kappa shape index (κ3) is 4.66. The predicted octanol–water partition coefficient (Wildman–Crippen LogP) is 0.210. The summed E-state index contributed by atoms with van der Waals surface area (Å²) in [7, 11) is 0. The third-order valence-electron chi connectivity index (χ3n) is 2.25. The number of primary amides is 1. The summed E-state index contributed by atoms with van der Waals surface area (Å²) in [5.74, 6) is -3.28. The van der Waals surface area contributed by atoms with E-state index in [2.05, 4.69) is 5.32 Å². The fourth-order valence-electron chi connectivity index (χ4n) is 1.18. The highest BCUT2D eigenvalue weighted by molar-refractivity contribution is 6.03. The van der Waals surface area contributed by atoms with Gasteiger partial charge in [-0.15, -0.1) is 0 Å². The standard InChI is InChI=1S/C12H14N2O5/c1-7(12(17)18)11(16)14-8-3-2-4-9(5-8)19-6-10(13)15/h2-5,7H,6H2,1H3,(H2,13,15)(H,14,16)(H,17,18). The number of carbonyl (C=O) groups is 3. The number of carboxylic acid groups (broad SMARTS) is 1. The van der Waals surface area contributed by atoms with Crippen LogP contribution in [0.1, 0.15) is 6.92 Å². The lowest BCUT2D eigenvalue weighted by molar-refractivity contribution is -0.144. The lowest BCUT2D eigenvalue weighted by atomic mass is 10.1. The Balaban J connectivity index is 2.69. The molecule has 1 atom stereocenters. The van der Waals surface area contributed by atoms with Crippen molar-refractivity contribution in [2.24, 2.45) is 11.7 Å². The minimum Gasteiger partial charge on any atom is -0.484 e. The van der Waals surface area contributed by atoms with Crippen LogP contribution < -0.4 is 15.8 Å². The fraction of sp³-hybridized carbons (Fsp3) is 0.250. The van der Waals surface area contributed by atoms with Crippen LogP contribution in [0.5, 0.6) is 5.75 Å². The summed E-state index contributed by atoms with van der Waals surface area (Å²) in [4.78, 5) is 32.7. The van der Waals surface area contributed by atoms with Crippen LogP contribution in [0.2, 0.25) is 0 Å². The smallest absolute Gasteiger partial charge is 0.315 e. The van der Waals surface area contributed by atoms with Crippen LogP contribution in [0.3, 0.4) is 0 Å². The molecule has 2 amide bonds. The van der Waals surface area contributed by atoms with Gasteiger partial charge < -0.3 is 20.9 Å². The summed E-state index contributed by atoms with van der Waals surface area (Å²) < 4.78 is 5.06. The Kier molecular flexibility index (Phi) is 4.87. The molecule has 0 radical (unpaired) electrons. The average Bonchev–Trinajstić information content (AvgIpc) is 2.35. The van der Waals surface area contributed by atoms with E-state index in [-0.39, 0.29) is 6.61 Å². The van der Waals surface area contributed by atoms with Crippen molar-refractivity contribution < 1.29 is 24.2 Å². The Bertz CT molecular complexity index is 501. The summed E-state index contributed by atoms with van der Waals surface area (Å²) in [6.07, 6.45) is 0. The summed E-state index contributed by atoms with van der Waals surface area (Å²) in [6, 6.07) is 6.22. The first-order valence-electron chi connectivity index (χ1n) is 5.45. The van der Waals surface area contributed by atoms with E-state index < -0.39 is 23.7 Å². The monoisotopic (exact) mass is 266 g/mol. The summed E-state index contributed by atoms with van der Waals surface area (Å²) in [6.45, 7) is 1.01. The van der Waals surface area contributed by atoms with Crippen LogP contribution in [-0.2, 0) is 14.4 Å². The number of benzene rings is 1. The number of carboxylic acids is 1. The Morgan fingerprint density at radius 2 is 2.11 bits per heavy atom. The van der Waals surface area contributed by atoms with Gasteiger partial charge in [0.2, 0.25) is 5.91 Å². The van der Waals surface area contributed by atoms with Gasteiger partial charge in [0.15, 0.2) is 6.61 Å². The van der Waals surface area contributed by atoms with Crippen molar-refractivity contribution in [3.8, 4) is 5.75 Å². The van der Waals surface area contributed by atoms with Gasteiger partial charge in [-0.1, -0.05) is 6.07 Å². The Labute approximate surface area is 109 Å². The molecule has 7 nitrogen and oxygen atoms in total. The normalized spacial score (nSPS) is 11.4. The molecule has 102 valence electrons. The summed E-state index contributed by atoms with van der Waals surface area (Å²) >= 11 is 0. The van der Waals surface area contributed by atoms with Crippen LogP contribution in [-0.4, -0.2) is 29.5 Å². The lowest BCUT2D eigenvalue weighted by Crippen LogP contribution is -2.26. The molecule has 0 saturated heterocycles. The second-order valence-electron chi connectivity index (χ2n) is 3.83. The molecule has 0 spiro atoms. The molecular formula is C12H14N2O5. The van der Waals surface area contributed by atoms with Gasteiger partial charge in [0, 0.05) is 11.8 Å². The summed E-state index contributed by atoms with van der Waals surface area (Å²) in [5, 5.41) is 11.1. The van der Waals surface area contributed by atoms with Gasteiger partial charge in [0.05, 0.1) is 0 Å². The number of anilines is 1. The predicted molar refractivity (Wildman–Crippen MR) is 66.6 cm³/mol. The molecule has 1 unspecified atom stereocenters. The van der Waals surface area contributed by atoms with E-state index in [0.717, 1.165) is 0 Å². The zero-order valence-electron chi connectivity index (χ0n) is 10.3. The lowest BCUT2D eigenvalue weighted by Gasteiger charge is -2.10. The van der Waals surface area contributed by atoms with Crippen LogP contribution in [0.4, 0.5) is 5.69 Å². The van der Waals surface area contributed by atoms with Crippen molar-refractivity contribution in [1.29, 1.82) is 0 Å². The number of hydrogen-bond acceptors (Lipinski definition) is 4. The zero-order valence-corrected chi connectivity index (χ0v) is 10.3. The van der Waals surface area contributed by atoms with E-state index in [4.69, 9.17) is 15.6 Å². The van der Waals surface area contributed by atoms with Gasteiger partial charge in [0.25, 0.3) is 5.91 Å². The van der Waals surface area contributed by atoms with Crippen molar-refractivity contribution in [3.63, 3.8) is 0 Å². The number of nitrogens with two attached hydrogens (primary N) is 1. The highest BCUT2D eigenvalue weighted by Crippen LogP contribution is 2.17. The maximum atomic E-state index is 11.5. The Morgan fingerprint density at radius 1 is 1.42 bits per heavy atom. The first-order valence-corrected chi connectivity index (χ1v) is 5.45. The van der Waals surface area contributed by atoms with Crippen molar-refractivity contribution in [2.75, 3.05) is 11.9 Å². The van der Waals surface area contributed by atoms with E-state index in [1.165, 1.54) is 13.0 Å². The van der Waals surface area contributed by atoms with E-state index in [1.807, 2.05) is 0 Å². The molecular weight excluding hydrogens is 252 g/mol. The molecule has 0 aliphatic heterocycles. The minimum absolute atomic E-state index is 0.275. The molecule has 0 saturated carbocycles. The van der Waals surface area contributed by atoms with Gasteiger partial charge in [-0.05, 0) is 19.1 Å². The summed E-state index contributed by atoms with van der Waals surface area (Å²) in [5.41, 5.74) is 5.31. The Morgan fingerprint density at radius 3 is 2.68 bits per heavy atom. The quantitative estimate of drug-likeness (QED) is 0.636. The molecule has 4 N–H and O–H groups in total. The fourth-order valence-corrected chi connectivity index (χ4v) is 1.18. The van der Waals surface area contributed by atoms with Crippen molar-refractivity contribution in [1.82, 2.24) is 0 Å². The van der Waals surface area contributed by atoms with Gasteiger partial charge >= 0.3 is 5.97 Å². The van der Waals surface area contributed by atoms with Crippen LogP contribution >= 0.6 is 0 Å². The van der Waals surface area contributed by atoms with Gasteiger partial charge in [-0.2, -0.15) is 0 Å². The maximum absolute atomic E-state index is 11.5. The number of amides is 2. The van der Waals surface area contributed by atoms with Crippen LogP contribution in [0, 0.1) is 5.92 Å². The molecule has 0 heterocycles. The maximum Gasteiger partial charge on any atom is 0.315 e.